The molecule has 1 fully saturated rings. The van der Waals surface area contributed by atoms with Crippen LogP contribution in [0.2, 0.25) is 0 Å². The first-order valence-corrected chi connectivity index (χ1v) is 8.07. The smallest absolute Gasteiger partial charge is 0.125 e. The summed E-state index contributed by atoms with van der Waals surface area (Å²) in [4.78, 5) is 7.17. The largest absolute Gasteiger partial charge is 0.313 e. The fourth-order valence-electron chi connectivity index (χ4n) is 3.27. The molecule has 0 saturated carbocycles. The minimum absolute atomic E-state index is 0.473. The van der Waals surface area contributed by atoms with Crippen LogP contribution < -0.4 is 0 Å². The molecule has 20 heavy (non-hydrogen) atoms. The summed E-state index contributed by atoms with van der Waals surface area (Å²) < 4.78 is 2.27. The lowest BCUT2D eigenvalue weighted by molar-refractivity contribution is 0.259. The molecule has 0 aliphatic carbocycles. The Balaban J connectivity index is 1.80. The van der Waals surface area contributed by atoms with E-state index >= 15 is 0 Å². The molecule has 3 rings (SSSR count). The molecule has 1 atom stereocenters. The minimum atomic E-state index is 0.473. The second-order valence-electron chi connectivity index (χ2n) is 5.74. The Bertz CT molecular complexity index is 578. The van der Waals surface area contributed by atoms with Gasteiger partial charge in [-0.1, -0.05) is 25.5 Å². The van der Waals surface area contributed by atoms with Gasteiger partial charge < -0.3 is 4.57 Å². The fourth-order valence-corrected chi connectivity index (χ4v) is 3.47. The van der Waals surface area contributed by atoms with Crippen molar-refractivity contribution < 1.29 is 0 Å². The number of halogens is 1. The van der Waals surface area contributed by atoms with Crippen LogP contribution in [-0.2, 0) is 12.5 Å². The number of likely N-dealkylation sites (tertiary alicyclic amines) is 1. The van der Waals surface area contributed by atoms with E-state index in [0.29, 0.717) is 5.88 Å². The monoisotopic (exact) mass is 291 g/mol. The van der Waals surface area contributed by atoms with Crippen LogP contribution in [0.15, 0.2) is 24.3 Å². The highest BCUT2D eigenvalue weighted by atomic mass is 35.5. The first-order valence-electron chi connectivity index (χ1n) is 7.54. The number of aromatic nitrogens is 2. The number of nitrogens with zero attached hydrogens (tertiary/aromatic N) is 3. The van der Waals surface area contributed by atoms with E-state index in [1.165, 1.54) is 37.9 Å². The van der Waals surface area contributed by atoms with Crippen molar-refractivity contribution in [2.24, 2.45) is 5.92 Å². The van der Waals surface area contributed by atoms with Crippen LogP contribution in [0.4, 0.5) is 0 Å². The molecule has 0 bridgehead atoms. The quantitative estimate of drug-likeness (QED) is 0.780. The zero-order valence-electron chi connectivity index (χ0n) is 12.1. The van der Waals surface area contributed by atoms with Gasteiger partial charge in [0.2, 0.25) is 0 Å². The Morgan fingerprint density at radius 3 is 3.00 bits per heavy atom. The lowest BCUT2D eigenvalue weighted by Gasteiger charge is -2.18. The van der Waals surface area contributed by atoms with Gasteiger partial charge in [-0.15, -0.1) is 11.6 Å². The molecule has 4 heteroatoms. The second kappa shape index (κ2) is 6.15. The lowest BCUT2D eigenvalue weighted by atomic mass is 10.0. The van der Waals surface area contributed by atoms with E-state index in [1.807, 2.05) is 6.07 Å². The normalized spacial score (nSPS) is 20.0. The average molecular weight is 292 g/mol. The van der Waals surface area contributed by atoms with Gasteiger partial charge in [0.1, 0.15) is 5.82 Å². The van der Waals surface area contributed by atoms with Gasteiger partial charge in [0.05, 0.1) is 23.6 Å². The van der Waals surface area contributed by atoms with E-state index in [2.05, 4.69) is 39.6 Å². The number of hydrogen-bond donors (Lipinski definition) is 0. The maximum absolute atomic E-state index is 6.07. The molecule has 0 spiro atoms. The maximum Gasteiger partial charge on any atom is 0.125 e. The molecule has 3 nitrogen and oxygen atoms in total. The molecule has 1 unspecified atom stereocenters. The van der Waals surface area contributed by atoms with Crippen molar-refractivity contribution in [2.75, 3.05) is 13.1 Å². The predicted molar refractivity (Wildman–Crippen MR) is 83.9 cm³/mol. The first-order chi connectivity index (χ1) is 9.81. The summed E-state index contributed by atoms with van der Waals surface area (Å²) >= 11 is 6.07. The van der Waals surface area contributed by atoms with Gasteiger partial charge in [-0.2, -0.15) is 0 Å². The zero-order valence-corrected chi connectivity index (χ0v) is 12.8. The number of alkyl halides is 1. The summed E-state index contributed by atoms with van der Waals surface area (Å²) in [6, 6.07) is 8.30. The second-order valence-corrected chi connectivity index (χ2v) is 6.01. The van der Waals surface area contributed by atoms with Gasteiger partial charge >= 0.3 is 0 Å². The number of fused-ring (bicyclic) bond motifs is 1. The van der Waals surface area contributed by atoms with Gasteiger partial charge in [-0.25, -0.2) is 4.98 Å². The highest BCUT2D eigenvalue weighted by Gasteiger charge is 2.23. The Morgan fingerprint density at radius 2 is 2.20 bits per heavy atom. The van der Waals surface area contributed by atoms with E-state index in [1.54, 1.807) is 0 Å². The molecule has 1 aromatic heterocycles. The Hall–Kier alpha value is -1.06. The van der Waals surface area contributed by atoms with E-state index in [9.17, 15) is 0 Å². The topological polar surface area (TPSA) is 21.1 Å². The molecular weight excluding hydrogens is 270 g/mol. The van der Waals surface area contributed by atoms with Crippen molar-refractivity contribution >= 4 is 22.6 Å². The lowest BCUT2D eigenvalue weighted by Crippen LogP contribution is -2.25. The number of imidazole rings is 1. The molecule has 0 N–H and O–H groups in total. The van der Waals surface area contributed by atoms with E-state index in [0.717, 1.165) is 23.9 Å². The van der Waals surface area contributed by atoms with Crippen LogP contribution in [-0.4, -0.2) is 27.5 Å². The molecular formula is C16H22ClN3. The van der Waals surface area contributed by atoms with Crippen molar-refractivity contribution in [3.05, 3.63) is 30.1 Å². The van der Waals surface area contributed by atoms with Crippen molar-refractivity contribution in [3.63, 3.8) is 0 Å². The van der Waals surface area contributed by atoms with Crippen molar-refractivity contribution in [2.45, 2.75) is 38.7 Å². The summed E-state index contributed by atoms with van der Waals surface area (Å²) in [5.74, 6) is 2.32. The number of benzene rings is 1. The third kappa shape index (κ3) is 2.70. The molecule has 0 amide bonds. The number of rotatable bonds is 5. The van der Waals surface area contributed by atoms with E-state index in [4.69, 9.17) is 11.6 Å². The van der Waals surface area contributed by atoms with Crippen LogP contribution in [0.3, 0.4) is 0 Å². The Labute approximate surface area is 125 Å². The molecule has 0 radical (unpaired) electrons. The maximum atomic E-state index is 6.07. The molecule has 1 saturated heterocycles. The highest BCUT2D eigenvalue weighted by Crippen LogP contribution is 2.24. The van der Waals surface area contributed by atoms with Gasteiger partial charge in [0, 0.05) is 13.1 Å². The standard InChI is InChI=1S/C16H22ClN3/c1-2-5-13-8-9-19(11-13)12-20-15-7-4-3-6-14(15)18-16(20)10-17/h3-4,6-7,13H,2,5,8-12H2,1H3. The molecule has 1 aliphatic heterocycles. The summed E-state index contributed by atoms with van der Waals surface area (Å²) in [5, 5.41) is 0. The number of para-hydroxylation sites is 2. The predicted octanol–water partition coefficient (Wildman–Crippen LogP) is 3.85. The Morgan fingerprint density at radius 1 is 1.35 bits per heavy atom. The SMILES string of the molecule is CCCC1CCN(Cn2c(CCl)nc3ccccc32)C1. The minimum Gasteiger partial charge on any atom is -0.313 e. The van der Waals surface area contributed by atoms with Crippen molar-refractivity contribution in [1.29, 1.82) is 0 Å². The van der Waals surface area contributed by atoms with E-state index < -0.39 is 0 Å². The molecule has 2 aromatic rings. The van der Waals surface area contributed by atoms with Crippen molar-refractivity contribution in [1.82, 2.24) is 14.5 Å². The average Bonchev–Trinajstić information content (AvgIpc) is 3.05. The van der Waals surface area contributed by atoms with Crippen LogP contribution in [0.5, 0.6) is 0 Å². The first kappa shape index (κ1) is 13.9. The van der Waals surface area contributed by atoms with Crippen LogP contribution in [0.1, 0.15) is 32.0 Å². The molecule has 108 valence electrons. The fraction of sp³-hybridized carbons (Fsp3) is 0.562. The Kier molecular flexibility index (Phi) is 4.27. The molecule has 1 aromatic carbocycles. The van der Waals surface area contributed by atoms with Gasteiger partial charge in [0.15, 0.2) is 0 Å². The van der Waals surface area contributed by atoms with Gasteiger partial charge in [-0.05, 0) is 30.9 Å². The highest BCUT2D eigenvalue weighted by molar-refractivity contribution is 6.16. The van der Waals surface area contributed by atoms with Crippen LogP contribution in [0.25, 0.3) is 11.0 Å². The third-order valence-corrected chi connectivity index (χ3v) is 4.50. The van der Waals surface area contributed by atoms with Crippen molar-refractivity contribution in [3.8, 4) is 0 Å². The third-order valence-electron chi connectivity index (χ3n) is 4.26. The van der Waals surface area contributed by atoms with Gasteiger partial charge in [-0.3, -0.25) is 4.90 Å². The molecule has 1 aliphatic rings. The zero-order chi connectivity index (χ0) is 13.9. The summed E-state index contributed by atoms with van der Waals surface area (Å²) in [5.41, 5.74) is 2.24. The summed E-state index contributed by atoms with van der Waals surface area (Å²) in [7, 11) is 0. The number of hydrogen-bond acceptors (Lipinski definition) is 2. The molecule has 2 heterocycles. The van der Waals surface area contributed by atoms with Gasteiger partial charge in [0.25, 0.3) is 0 Å². The van der Waals surface area contributed by atoms with Crippen LogP contribution >= 0.6 is 11.6 Å². The summed E-state index contributed by atoms with van der Waals surface area (Å²) in [6.07, 6.45) is 3.97. The van der Waals surface area contributed by atoms with Crippen LogP contribution in [0, 0.1) is 5.92 Å². The summed E-state index contributed by atoms with van der Waals surface area (Å²) in [6.45, 7) is 5.60. The van der Waals surface area contributed by atoms with E-state index in [-0.39, 0.29) is 0 Å².